The fourth-order valence-corrected chi connectivity index (χ4v) is 2.46. The van der Waals surface area contributed by atoms with Gasteiger partial charge in [-0.3, -0.25) is 0 Å². The van der Waals surface area contributed by atoms with E-state index in [1.807, 2.05) is 13.8 Å². The summed E-state index contributed by atoms with van der Waals surface area (Å²) in [6, 6.07) is 0. The average Bonchev–Trinajstić information content (AvgIpc) is 2.93. The maximum atomic E-state index is 6.20. The zero-order valence-corrected chi connectivity index (χ0v) is 9.64. The standard InChI is InChI=1S/C11H13ClN2O/c1-11(2)8-7(5-15-11)13-10(6-3-4-6)14-9(8)12/h6H,3-5H2,1-2H3. The first-order valence-electron chi connectivity index (χ1n) is 5.28. The summed E-state index contributed by atoms with van der Waals surface area (Å²) in [4.78, 5) is 8.93. The Bertz CT molecular complexity index is 427. The molecule has 1 aromatic rings. The lowest BCUT2D eigenvalue weighted by molar-refractivity contribution is -0.00844. The van der Waals surface area contributed by atoms with Gasteiger partial charge in [0.2, 0.25) is 0 Å². The van der Waals surface area contributed by atoms with Crippen molar-refractivity contribution in [2.45, 2.75) is 44.8 Å². The Balaban J connectivity index is 2.13. The molecule has 1 aromatic heterocycles. The minimum Gasteiger partial charge on any atom is -0.364 e. The van der Waals surface area contributed by atoms with E-state index in [1.165, 1.54) is 12.8 Å². The Labute approximate surface area is 93.8 Å². The van der Waals surface area contributed by atoms with Crippen LogP contribution in [0.5, 0.6) is 0 Å². The first kappa shape index (κ1) is 9.55. The second kappa shape index (κ2) is 2.92. The fraction of sp³-hybridized carbons (Fsp3) is 0.636. The number of nitrogens with zero attached hydrogens (tertiary/aromatic N) is 2. The number of rotatable bonds is 1. The maximum absolute atomic E-state index is 6.20. The van der Waals surface area contributed by atoms with Gasteiger partial charge < -0.3 is 4.74 Å². The molecule has 80 valence electrons. The zero-order chi connectivity index (χ0) is 10.6. The molecule has 1 fully saturated rings. The number of hydrogen-bond acceptors (Lipinski definition) is 3. The van der Waals surface area contributed by atoms with Gasteiger partial charge >= 0.3 is 0 Å². The van der Waals surface area contributed by atoms with Crippen LogP contribution in [-0.2, 0) is 16.9 Å². The van der Waals surface area contributed by atoms with Crippen LogP contribution in [-0.4, -0.2) is 9.97 Å². The lowest BCUT2D eigenvalue weighted by Crippen LogP contribution is -2.16. The highest BCUT2D eigenvalue weighted by molar-refractivity contribution is 6.30. The molecule has 0 atom stereocenters. The molecule has 4 heteroatoms. The van der Waals surface area contributed by atoms with Crippen molar-refractivity contribution in [3.63, 3.8) is 0 Å². The van der Waals surface area contributed by atoms with Crippen LogP contribution in [0.25, 0.3) is 0 Å². The van der Waals surface area contributed by atoms with Crippen molar-refractivity contribution in [1.82, 2.24) is 9.97 Å². The van der Waals surface area contributed by atoms with Crippen molar-refractivity contribution in [2.75, 3.05) is 0 Å². The molecule has 0 amide bonds. The molecule has 3 rings (SSSR count). The summed E-state index contributed by atoms with van der Waals surface area (Å²) in [5.74, 6) is 1.44. The molecule has 1 aliphatic carbocycles. The predicted octanol–water partition coefficient (Wildman–Crippen LogP) is 2.77. The molecule has 0 unspecified atom stereocenters. The summed E-state index contributed by atoms with van der Waals surface area (Å²) in [6.07, 6.45) is 2.39. The van der Waals surface area contributed by atoms with Gasteiger partial charge in [0.05, 0.1) is 17.9 Å². The Morgan fingerprint density at radius 1 is 1.33 bits per heavy atom. The van der Waals surface area contributed by atoms with Gasteiger partial charge in [0.15, 0.2) is 0 Å². The van der Waals surface area contributed by atoms with Gasteiger partial charge in [-0.25, -0.2) is 9.97 Å². The van der Waals surface area contributed by atoms with Crippen molar-refractivity contribution < 1.29 is 4.74 Å². The lowest BCUT2D eigenvalue weighted by Gasteiger charge is -2.18. The minimum atomic E-state index is -0.339. The van der Waals surface area contributed by atoms with Gasteiger partial charge in [-0.2, -0.15) is 0 Å². The lowest BCUT2D eigenvalue weighted by atomic mass is 10.0. The molecule has 0 bridgehead atoms. The third-order valence-corrected chi connectivity index (χ3v) is 3.34. The first-order chi connectivity index (χ1) is 7.08. The van der Waals surface area contributed by atoms with E-state index >= 15 is 0 Å². The van der Waals surface area contributed by atoms with Crippen LogP contribution in [0.2, 0.25) is 5.15 Å². The normalized spacial score (nSPS) is 22.9. The van der Waals surface area contributed by atoms with Crippen molar-refractivity contribution in [3.05, 3.63) is 22.2 Å². The summed E-state index contributed by atoms with van der Waals surface area (Å²) in [7, 11) is 0. The highest BCUT2D eigenvalue weighted by Gasteiger charge is 2.37. The Hall–Kier alpha value is -0.670. The molecule has 0 aromatic carbocycles. The van der Waals surface area contributed by atoms with E-state index in [4.69, 9.17) is 16.3 Å². The van der Waals surface area contributed by atoms with Crippen LogP contribution >= 0.6 is 11.6 Å². The molecular weight excluding hydrogens is 212 g/mol. The molecule has 1 aliphatic heterocycles. The van der Waals surface area contributed by atoms with Crippen LogP contribution in [0.4, 0.5) is 0 Å². The largest absolute Gasteiger partial charge is 0.364 e. The van der Waals surface area contributed by atoms with Crippen molar-refractivity contribution >= 4 is 11.6 Å². The van der Waals surface area contributed by atoms with Crippen LogP contribution in [0.3, 0.4) is 0 Å². The SMILES string of the molecule is CC1(C)OCc2nc(C3CC3)nc(Cl)c21. The molecule has 2 aliphatic rings. The van der Waals surface area contributed by atoms with Crippen LogP contribution in [0.15, 0.2) is 0 Å². The summed E-state index contributed by atoms with van der Waals surface area (Å²) in [5.41, 5.74) is 1.60. The Morgan fingerprint density at radius 3 is 2.73 bits per heavy atom. The van der Waals surface area contributed by atoms with Crippen molar-refractivity contribution in [2.24, 2.45) is 0 Å². The van der Waals surface area contributed by atoms with E-state index in [9.17, 15) is 0 Å². The Kier molecular flexibility index (Phi) is 1.86. The van der Waals surface area contributed by atoms with Crippen molar-refractivity contribution in [1.29, 1.82) is 0 Å². The van der Waals surface area contributed by atoms with Crippen molar-refractivity contribution in [3.8, 4) is 0 Å². The first-order valence-corrected chi connectivity index (χ1v) is 5.66. The van der Waals surface area contributed by atoms with E-state index in [2.05, 4.69) is 9.97 Å². The molecule has 1 saturated carbocycles. The zero-order valence-electron chi connectivity index (χ0n) is 8.88. The third kappa shape index (κ3) is 1.45. The van der Waals surface area contributed by atoms with E-state index in [-0.39, 0.29) is 5.60 Å². The van der Waals surface area contributed by atoms with E-state index < -0.39 is 0 Å². The summed E-state index contributed by atoms with van der Waals surface area (Å²) < 4.78 is 5.66. The molecule has 2 heterocycles. The molecular formula is C11H13ClN2O. The summed E-state index contributed by atoms with van der Waals surface area (Å²) in [6.45, 7) is 4.57. The molecule has 0 N–H and O–H groups in total. The smallest absolute Gasteiger partial charge is 0.139 e. The van der Waals surface area contributed by atoms with Gasteiger partial charge in [0.1, 0.15) is 11.0 Å². The van der Waals surface area contributed by atoms with E-state index in [0.29, 0.717) is 17.7 Å². The average molecular weight is 225 g/mol. The monoisotopic (exact) mass is 224 g/mol. The summed E-state index contributed by atoms with van der Waals surface area (Å²) in [5, 5.41) is 0.574. The van der Waals surface area contributed by atoms with Gasteiger partial charge in [-0.05, 0) is 26.7 Å². The molecule has 0 radical (unpaired) electrons. The maximum Gasteiger partial charge on any atom is 0.139 e. The molecule has 15 heavy (non-hydrogen) atoms. The Morgan fingerprint density at radius 2 is 2.07 bits per heavy atom. The number of fused-ring (bicyclic) bond motifs is 1. The summed E-state index contributed by atoms with van der Waals surface area (Å²) >= 11 is 6.20. The quantitative estimate of drug-likeness (QED) is 0.688. The van der Waals surface area contributed by atoms with Crippen LogP contribution < -0.4 is 0 Å². The topological polar surface area (TPSA) is 35.0 Å². The van der Waals surface area contributed by atoms with Gasteiger partial charge in [0, 0.05) is 11.5 Å². The highest BCUT2D eigenvalue weighted by Crippen LogP contribution is 2.43. The van der Waals surface area contributed by atoms with Gasteiger partial charge in [-0.15, -0.1) is 0 Å². The number of hydrogen-bond donors (Lipinski definition) is 0. The molecule has 3 nitrogen and oxygen atoms in total. The molecule has 0 spiro atoms. The number of aromatic nitrogens is 2. The van der Waals surface area contributed by atoms with E-state index in [0.717, 1.165) is 17.1 Å². The minimum absolute atomic E-state index is 0.339. The van der Waals surface area contributed by atoms with Gasteiger partial charge in [0.25, 0.3) is 0 Å². The van der Waals surface area contributed by atoms with Crippen LogP contribution in [0, 0.1) is 0 Å². The van der Waals surface area contributed by atoms with E-state index in [1.54, 1.807) is 0 Å². The second-order valence-electron chi connectivity index (χ2n) is 4.77. The third-order valence-electron chi connectivity index (χ3n) is 3.07. The molecule has 0 saturated heterocycles. The number of halogens is 1. The van der Waals surface area contributed by atoms with Crippen LogP contribution in [0.1, 0.15) is 49.7 Å². The number of ether oxygens (including phenoxy) is 1. The highest BCUT2D eigenvalue weighted by atomic mass is 35.5. The predicted molar refractivity (Wildman–Crippen MR) is 56.8 cm³/mol. The second-order valence-corrected chi connectivity index (χ2v) is 5.13. The fourth-order valence-electron chi connectivity index (χ4n) is 2.04. The van der Waals surface area contributed by atoms with Gasteiger partial charge in [-0.1, -0.05) is 11.6 Å².